The number of pyridine rings is 1. The van der Waals surface area contributed by atoms with Crippen LogP contribution < -0.4 is 5.56 Å². The van der Waals surface area contributed by atoms with Gasteiger partial charge in [-0.15, -0.1) is 0 Å². The number of aryl methyl sites for hydroxylation is 2. The molecule has 0 amide bonds. The minimum Gasteiger partial charge on any atom is -0.387 e. The summed E-state index contributed by atoms with van der Waals surface area (Å²) in [4.78, 5) is 11.9. The molecule has 1 N–H and O–H groups in total. The van der Waals surface area contributed by atoms with Gasteiger partial charge in [0.15, 0.2) is 0 Å². The van der Waals surface area contributed by atoms with Gasteiger partial charge in [0.25, 0.3) is 5.56 Å². The molecule has 0 saturated heterocycles. The lowest BCUT2D eigenvalue weighted by molar-refractivity contribution is 0.155. The molecule has 0 spiro atoms. The first-order valence-corrected chi connectivity index (χ1v) is 7.04. The number of benzene rings is 1. The first-order chi connectivity index (χ1) is 9.61. The molecule has 1 aromatic heterocycles. The number of aliphatic hydroxyl groups excluding tert-OH is 1. The van der Waals surface area contributed by atoms with Gasteiger partial charge in [-0.1, -0.05) is 43.7 Å². The van der Waals surface area contributed by atoms with Crippen LogP contribution in [0.2, 0.25) is 0 Å². The van der Waals surface area contributed by atoms with Gasteiger partial charge in [0, 0.05) is 11.8 Å². The van der Waals surface area contributed by atoms with Crippen molar-refractivity contribution in [3.63, 3.8) is 0 Å². The Morgan fingerprint density at radius 1 is 1.20 bits per heavy atom. The standard InChI is InChI=1S/C17H21NO2/c1-3-5-14-7-9-15(10-8-14)16(19)12-18-11-4-6-13(2)17(18)20/h4,6-11,16,19H,3,5,12H2,1-2H3. The number of nitrogens with zero attached hydrogens (tertiary/aromatic N) is 1. The summed E-state index contributed by atoms with van der Waals surface area (Å²) in [6.45, 7) is 4.21. The SMILES string of the molecule is CCCc1ccc(C(O)Cn2cccc(C)c2=O)cc1. The van der Waals surface area contributed by atoms with E-state index in [4.69, 9.17) is 0 Å². The van der Waals surface area contributed by atoms with Crippen LogP contribution in [0.4, 0.5) is 0 Å². The van der Waals surface area contributed by atoms with E-state index < -0.39 is 6.10 Å². The fraction of sp³-hybridized carbons (Fsp3) is 0.353. The summed E-state index contributed by atoms with van der Waals surface area (Å²) in [5.74, 6) is 0. The molecule has 1 aromatic carbocycles. The average molecular weight is 271 g/mol. The largest absolute Gasteiger partial charge is 0.387 e. The van der Waals surface area contributed by atoms with E-state index in [1.54, 1.807) is 23.8 Å². The molecule has 0 radical (unpaired) electrons. The van der Waals surface area contributed by atoms with Crippen LogP contribution in [-0.2, 0) is 13.0 Å². The normalized spacial score (nSPS) is 12.3. The topological polar surface area (TPSA) is 42.2 Å². The van der Waals surface area contributed by atoms with E-state index in [9.17, 15) is 9.90 Å². The maximum Gasteiger partial charge on any atom is 0.253 e. The first kappa shape index (κ1) is 14.5. The van der Waals surface area contributed by atoms with Crippen LogP contribution in [0.1, 0.15) is 36.1 Å². The second-order valence-electron chi connectivity index (χ2n) is 5.16. The highest BCUT2D eigenvalue weighted by molar-refractivity contribution is 5.24. The quantitative estimate of drug-likeness (QED) is 0.908. The molecule has 2 rings (SSSR count). The van der Waals surface area contributed by atoms with Gasteiger partial charge in [-0.2, -0.15) is 0 Å². The van der Waals surface area contributed by atoms with Crippen LogP contribution in [-0.4, -0.2) is 9.67 Å². The molecule has 2 aromatic rings. The van der Waals surface area contributed by atoms with E-state index in [0.29, 0.717) is 5.56 Å². The Labute approximate surface area is 119 Å². The van der Waals surface area contributed by atoms with Crippen molar-refractivity contribution in [3.05, 3.63) is 69.6 Å². The molecule has 1 heterocycles. The summed E-state index contributed by atoms with van der Waals surface area (Å²) in [6, 6.07) is 11.6. The van der Waals surface area contributed by atoms with Crippen molar-refractivity contribution >= 4 is 0 Å². The molecule has 1 atom stereocenters. The van der Waals surface area contributed by atoms with Gasteiger partial charge in [0.2, 0.25) is 0 Å². The average Bonchev–Trinajstić information content (AvgIpc) is 2.45. The van der Waals surface area contributed by atoms with Crippen LogP contribution in [0.25, 0.3) is 0 Å². The molecule has 0 saturated carbocycles. The number of aliphatic hydroxyl groups is 1. The van der Waals surface area contributed by atoms with Gasteiger partial charge >= 0.3 is 0 Å². The molecule has 0 aliphatic rings. The summed E-state index contributed by atoms with van der Waals surface area (Å²) < 4.78 is 1.56. The molecular formula is C17H21NO2. The lowest BCUT2D eigenvalue weighted by atomic mass is 10.0. The number of aromatic nitrogens is 1. The van der Waals surface area contributed by atoms with E-state index in [0.717, 1.165) is 18.4 Å². The first-order valence-electron chi connectivity index (χ1n) is 7.04. The molecule has 20 heavy (non-hydrogen) atoms. The second kappa shape index (κ2) is 6.53. The second-order valence-corrected chi connectivity index (χ2v) is 5.16. The van der Waals surface area contributed by atoms with E-state index in [1.165, 1.54) is 5.56 Å². The van der Waals surface area contributed by atoms with Crippen molar-refractivity contribution in [2.24, 2.45) is 0 Å². The Kier molecular flexibility index (Phi) is 4.74. The molecule has 0 aliphatic carbocycles. The molecule has 106 valence electrons. The molecule has 3 heteroatoms. The number of rotatable bonds is 5. The van der Waals surface area contributed by atoms with Gasteiger partial charge in [0.05, 0.1) is 12.6 Å². The molecule has 0 fully saturated rings. The molecule has 0 bridgehead atoms. The van der Waals surface area contributed by atoms with Crippen LogP contribution in [0, 0.1) is 6.92 Å². The van der Waals surface area contributed by atoms with Crippen molar-refractivity contribution in [1.29, 1.82) is 0 Å². The Morgan fingerprint density at radius 3 is 2.55 bits per heavy atom. The zero-order valence-electron chi connectivity index (χ0n) is 12.0. The number of hydrogen-bond acceptors (Lipinski definition) is 2. The van der Waals surface area contributed by atoms with E-state index >= 15 is 0 Å². The highest BCUT2D eigenvalue weighted by Crippen LogP contribution is 2.16. The third-order valence-corrected chi connectivity index (χ3v) is 3.48. The van der Waals surface area contributed by atoms with Crippen molar-refractivity contribution < 1.29 is 5.11 Å². The number of hydrogen-bond donors (Lipinski definition) is 1. The molecule has 1 unspecified atom stereocenters. The Balaban J connectivity index is 2.13. The summed E-state index contributed by atoms with van der Waals surface area (Å²) in [5, 5.41) is 10.3. The van der Waals surface area contributed by atoms with Gasteiger partial charge in [-0.25, -0.2) is 0 Å². The van der Waals surface area contributed by atoms with E-state index in [1.807, 2.05) is 30.3 Å². The predicted molar refractivity (Wildman–Crippen MR) is 80.8 cm³/mol. The van der Waals surface area contributed by atoms with Gasteiger partial charge in [-0.05, 0) is 30.5 Å². The highest BCUT2D eigenvalue weighted by Gasteiger charge is 2.09. The third kappa shape index (κ3) is 3.36. The fourth-order valence-corrected chi connectivity index (χ4v) is 2.29. The lowest BCUT2D eigenvalue weighted by Crippen LogP contribution is -2.24. The van der Waals surface area contributed by atoms with Gasteiger partial charge in [0.1, 0.15) is 0 Å². The smallest absolute Gasteiger partial charge is 0.253 e. The fourth-order valence-electron chi connectivity index (χ4n) is 2.29. The van der Waals surface area contributed by atoms with Gasteiger partial charge in [-0.3, -0.25) is 4.79 Å². The van der Waals surface area contributed by atoms with Crippen LogP contribution in [0.5, 0.6) is 0 Å². The Bertz CT molecular complexity index is 614. The van der Waals surface area contributed by atoms with Crippen LogP contribution in [0.15, 0.2) is 47.4 Å². The van der Waals surface area contributed by atoms with Crippen LogP contribution >= 0.6 is 0 Å². The monoisotopic (exact) mass is 271 g/mol. The van der Waals surface area contributed by atoms with Gasteiger partial charge < -0.3 is 9.67 Å². The van der Waals surface area contributed by atoms with E-state index in [2.05, 4.69) is 6.92 Å². The Hall–Kier alpha value is -1.87. The van der Waals surface area contributed by atoms with Crippen molar-refractivity contribution in [3.8, 4) is 0 Å². The zero-order chi connectivity index (χ0) is 14.5. The van der Waals surface area contributed by atoms with E-state index in [-0.39, 0.29) is 12.1 Å². The minimum absolute atomic E-state index is 0.0471. The van der Waals surface area contributed by atoms with Crippen LogP contribution in [0.3, 0.4) is 0 Å². The summed E-state index contributed by atoms with van der Waals surface area (Å²) in [5.41, 5.74) is 2.77. The Morgan fingerprint density at radius 2 is 1.90 bits per heavy atom. The molecule has 3 nitrogen and oxygen atoms in total. The maximum atomic E-state index is 11.9. The summed E-state index contributed by atoms with van der Waals surface area (Å²) >= 11 is 0. The third-order valence-electron chi connectivity index (χ3n) is 3.48. The van der Waals surface area contributed by atoms with Crippen molar-refractivity contribution in [2.45, 2.75) is 39.3 Å². The highest BCUT2D eigenvalue weighted by atomic mass is 16.3. The molecular weight excluding hydrogens is 250 g/mol. The summed E-state index contributed by atoms with van der Waals surface area (Å²) in [7, 11) is 0. The lowest BCUT2D eigenvalue weighted by Gasteiger charge is -2.14. The van der Waals surface area contributed by atoms with Crippen molar-refractivity contribution in [1.82, 2.24) is 4.57 Å². The predicted octanol–water partition coefficient (Wildman–Crippen LogP) is 2.84. The summed E-state index contributed by atoms with van der Waals surface area (Å²) in [6.07, 6.45) is 3.21. The zero-order valence-corrected chi connectivity index (χ0v) is 12.0. The maximum absolute atomic E-state index is 11.9. The van der Waals surface area contributed by atoms with Crippen molar-refractivity contribution in [2.75, 3.05) is 0 Å². The molecule has 0 aliphatic heterocycles. The minimum atomic E-state index is -0.662.